The molecule has 2 aromatic rings. The fourth-order valence-corrected chi connectivity index (χ4v) is 2.39. The van der Waals surface area contributed by atoms with E-state index in [-0.39, 0.29) is 13.2 Å². The maximum absolute atomic E-state index is 11.9. The summed E-state index contributed by atoms with van der Waals surface area (Å²) < 4.78 is 0. The van der Waals surface area contributed by atoms with Gasteiger partial charge in [0.05, 0.1) is 6.61 Å². The van der Waals surface area contributed by atoms with Gasteiger partial charge in [-0.05, 0) is 25.0 Å². The van der Waals surface area contributed by atoms with E-state index in [1.165, 1.54) is 4.90 Å². The Labute approximate surface area is 129 Å². The van der Waals surface area contributed by atoms with Crippen molar-refractivity contribution in [2.75, 3.05) is 26.2 Å². The van der Waals surface area contributed by atoms with Crippen LogP contribution in [0.1, 0.15) is 12.5 Å². The Morgan fingerprint density at radius 1 is 1.32 bits per heavy atom. The zero-order valence-electron chi connectivity index (χ0n) is 12.6. The predicted molar refractivity (Wildman–Crippen MR) is 84.4 cm³/mol. The number of aromatic amines is 1. The van der Waals surface area contributed by atoms with Gasteiger partial charge in [0.25, 0.3) is 0 Å². The molecule has 22 heavy (non-hydrogen) atoms. The Kier molecular flexibility index (Phi) is 5.55. The molecular formula is C16H21N3O3. The molecule has 0 saturated heterocycles. The van der Waals surface area contributed by atoms with Gasteiger partial charge < -0.3 is 20.3 Å². The number of fused-ring (bicyclic) bond motifs is 1. The average molecular weight is 303 g/mol. The molecule has 0 radical (unpaired) electrons. The van der Waals surface area contributed by atoms with Crippen molar-refractivity contribution in [3.63, 3.8) is 0 Å². The number of H-pyrrole nitrogens is 1. The highest BCUT2D eigenvalue weighted by Crippen LogP contribution is 2.17. The molecule has 2 amide bonds. The van der Waals surface area contributed by atoms with Gasteiger partial charge in [-0.2, -0.15) is 0 Å². The van der Waals surface area contributed by atoms with Gasteiger partial charge in [0.2, 0.25) is 0 Å². The second kappa shape index (κ2) is 7.61. The number of benzene rings is 1. The number of amides is 2. The van der Waals surface area contributed by atoms with Gasteiger partial charge in [0, 0.05) is 36.7 Å². The Hall–Kier alpha value is -2.34. The first kappa shape index (κ1) is 16.0. The fraction of sp³-hybridized carbons (Fsp3) is 0.375. The molecule has 1 heterocycles. The largest absolute Gasteiger partial charge is 0.395 e. The summed E-state index contributed by atoms with van der Waals surface area (Å²) in [5.41, 5.74) is 2.16. The number of carbonyl (C=O) groups excluding carboxylic acids is 2. The number of aliphatic hydroxyl groups excluding tert-OH is 1. The summed E-state index contributed by atoms with van der Waals surface area (Å²) in [5.74, 6) is -1.23. The number of nitrogens with one attached hydrogen (secondary N) is 2. The lowest BCUT2D eigenvalue weighted by atomic mass is 10.1. The molecule has 0 saturated carbocycles. The van der Waals surface area contributed by atoms with Crippen molar-refractivity contribution in [3.05, 3.63) is 36.0 Å². The molecule has 1 aromatic carbocycles. The molecule has 1 aromatic heterocycles. The molecule has 2 rings (SSSR count). The second-order valence-corrected chi connectivity index (χ2v) is 4.97. The van der Waals surface area contributed by atoms with Crippen LogP contribution in [0.3, 0.4) is 0 Å². The van der Waals surface area contributed by atoms with Crippen LogP contribution in [-0.2, 0) is 16.0 Å². The minimum absolute atomic E-state index is 0.151. The van der Waals surface area contributed by atoms with Gasteiger partial charge in [0.1, 0.15) is 0 Å². The van der Waals surface area contributed by atoms with Gasteiger partial charge in [-0.3, -0.25) is 9.59 Å². The highest BCUT2D eigenvalue weighted by atomic mass is 16.3. The topological polar surface area (TPSA) is 85.4 Å². The Morgan fingerprint density at radius 2 is 2.09 bits per heavy atom. The summed E-state index contributed by atoms with van der Waals surface area (Å²) in [6.45, 7) is 2.58. The summed E-state index contributed by atoms with van der Waals surface area (Å²) in [4.78, 5) is 28.2. The molecule has 3 N–H and O–H groups in total. The van der Waals surface area contributed by atoms with Crippen LogP contribution in [0.15, 0.2) is 30.5 Å². The molecule has 6 heteroatoms. The quantitative estimate of drug-likeness (QED) is 0.686. The number of likely N-dealkylation sites (N-methyl/N-ethyl adjacent to an activating group) is 1. The number of nitrogens with zero attached hydrogens (tertiary/aromatic N) is 1. The van der Waals surface area contributed by atoms with Crippen LogP contribution in [0, 0.1) is 0 Å². The van der Waals surface area contributed by atoms with Crippen molar-refractivity contribution in [3.8, 4) is 0 Å². The van der Waals surface area contributed by atoms with E-state index in [0.29, 0.717) is 19.5 Å². The predicted octanol–water partition coefficient (Wildman–Crippen LogP) is 0.667. The maximum Gasteiger partial charge on any atom is 0.311 e. The number of hydrogen-bond acceptors (Lipinski definition) is 3. The monoisotopic (exact) mass is 303 g/mol. The third-order valence-electron chi connectivity index (χ3n) is 3.59. The standard InChI is InChI=1S/C16H21N3O3/c1-2-19(9-10-20)16(22)15(21)17-8-7-12-11-18-14-6-4-3-5-13(12)14/h3-6,11,18,20H,2,7-10H2,1H3,(H,17,21). The van der Waals surface area contributed by atoms with Crippen LogP contribution < -0.4 is 5.32 Å². The smallest absolute Gasteiger partial charge is 0.311 e. The number of para-hydroxylation sites is 1. The van der Waals surface area contributed by atoms with Crippen LogP contribution in [0.2, 0.25) is 0 Å². The van der Waals surface area contributed by atoms with Crippen molar-refractivity contribution in [2.45, 2.75) is 13.3 Å². The van der Waals surface area contributed by atoms with Gasteiger partial charge in [0.15, 0.2) is 0 Å². The fourth-order valence-electron chi connectivity index (χ4n) is 2.39. The number of rotatable bonds is 6. The summed E-state index contributed by atoms with van der Waals surface area (Å²) >= 11 is 0. The minimum atomic E-state index is -0.629. The Bertz CT molecular complexity index is 651. The molecule has 0 fully saturated rings. The lowest BCUT2D eigenvalue weighted by Crippen LogP contribution is -2.44. The number of carbonyl (C=O) groups is 2. The first-order chi connectivity index (χ1) is 10.7. The van der Waals surface area contributed by atoms with Crippen LogP contribution in [0.4, 0.5) is 0 Å². The molecular weight excluding hydrogens is 282 g/mol. The van der Waals surface area contributed by atoms with Crippen LogP contribution in [-0.4, -0.2) is 53.0 Å². The first-order valence-corrected chi connectivity index (χ1v) is 7.40. The lowest BCUT2D eigenvalue weighted by Gasteiger charge is -2.18. The van der Waals surface area contributed by atoms with E-state index in [0.717, 1.165) is 16.5 Å². The molecule has 118 valence electrons. The lowest BCUT2D eigenvalue weighted by molar-refractivity contribution is -0.146. The van der Waals surface area contributed by atoms with Crippen LogP contribution >= 0.6 is 0 Å². The van der Waals surface area contributed by atoms with Crippen molar-refractivity contribution >= 4 is 22.7 Å². The first-order valence-electron chi connectivity index (χ1n) is 7.40. The van der Waals surface area contributed by atoms with Crippen molar-refractivity contribution in [2.24, 2.45) is 0 Å². The highest BCUT2D eigenvalue weighted by Gasteiger charge is 2.19. The van der Waals surface area contributed by atoms with Crippen LogP contribution in [0.5, 0.6) is 0 Å². The van der Waals surface area contributed by atoms with Gasteiger partial charge in [-0.1, -0.05) is 18.2 Å². The summed E-state index contributed by atoms with van der Waals surface area (Å²) in [6, 6.07) is 7.95. The number of aliphatic hydroxyl groups is 1. The number of hydrogen-bond donors (Lipinski definition) is 3. The minimum Gasteiger partial charge on any atom is -0.395 e. The molecule has 6 nitrogen and oxygen atoms in total. The molecule has 0 unspecified atom stereocenters. The van der Waals surface area contributed by atoms with E-state index >= 15 is 0 Å². The number of aromatic nitrogens is 1. The highest BCUT2D eigenvalue weighted by molar-refractivity contribution is 6.35. The van der Waals surface area contributed by atoms with Gasteiger partial charge in [-0.25, -0.2) is 0 Å². The maximum atomic E-state index is 11.9. The third-order valence-corrected chi connectivity index (χ3v) is 3.59. The second-order valence-electron chi connectivity index (χ2n) is 4.97. The molecule has 0 aliphatic carbocycles. The van der Waals surface area contributed by atoms with E-state index in [9.17, 15) is 9.59 Å². The average Bonchev–Trinajstić information content (AvgIpc) is 2.95. The van der Waals surface area contributed by atoms with E-state index in [1.54, 1.807) is 6.92 Å². The van der Waals surface area contributed by atoms with Crippen molar-refractivity contribution in [1.82, 2.24) is 15.2 Å². The molecule has 0 bridgehead atoms. The van der Waals surface area contributed by atoms with Gasteiger partial charge in [-0.15, -0.1) is 0 Å². The molecule has 0 aliphatic rings. The Morgan fingerprint density at radius 3 is 2.82 bits per heavy atom. The Balaban J connectivity index is 1.88. The van der Waals surface area contributed by atoms with Crippen molar-refractivity contribution in [1.29, 1.82) is 0 Å². The zero-order valence-corrected chi connectivity index (χ0v) is 12.6. The summed E-state index contributed by atoms with van der Waals surface area (Å²) in [7, 11) is 0. The van der Waals surface area contributed by atoms with E-state index in [2.05, 4.69) is 10.3 Å². The van der Waals surface area contributed by atoms with E-state index in [4.69, 9.17) is 5.11 Å². The SMILES string of the molecule is CCN(CCO)C(=O)C(=O)NCCc1c[nH]c2ccccc12. The third kappa shape index (κ3) is 3.65. The van der Waals surface area contributed by atoms with Crippen molar-refractivity contribution < 1.29 is 14.7 Å². The molecule has 0 atom stereocenters. The summed E-state index contributed by atoms with van der Waals surface area (Å²) in [6.07, 6.45) is 2.57. The van der Waals surface area contributed by atoms with E-state index in [1.807, 2.05) is 30.5 Å². The summed E-state index contributed by atoms with van der Waals surface area (Å²) in [5, 5.41) is 12.6. The van der Waals surface area contributed by atoms with E-state index < -0.39 is 11.8 Å². The molecule has 0 spiro atoms. The molecule has 0 aliphatic heterocycles. The zero-order chi connectivity index (χ0) is 15.9. The normalized spacial score (nSPS) is 10.6. The van der Waals surface area contributed by atoms with Gasteiger partial charge >= 0.3 is 11.8 Å². The van der Waals surface area contributed by atoms with Crippen LogP contribution in [0.25, 0.3) is 10.9 Å².